The molecule has 1 unspecified atom stereocenters. The quantitative estimate of drug-likeness (QED) is 0.572. The van der Waals surface area contributed by atoms with Crippen molar-refractivity contribution in [2.75, 3.05) is 6.54 Å². The molecule has 0 aliphatic rings. The molecular weight excluding hydrogens is 285 g/mol. The maximum atomic E-state index is 3.58. The van der Waals surface area contributed by atoms with Gasteiger partial charge < -0.3 is 0 Å². The molecule has 1 N–H and O–H groups in total. The monoisotopic (exact) mass is 313 g/mol. The number of nitrogens with one attached hydrogen (secondary N) is 1. The molecule has 1 aromatic carbocycles. The van der Waals surface area contributed by atoms with Crippen molar-refractivity contribution < 1.29 is 0 Å². The van der Waals surface area contributed by atoms with Gasteiger partial charge >= 0.3 is 119 Å². The van der Waals surface area contributed by atoms with Crippen LogP contribution in [-0.2, 0) is 0 Å². The maximum absolute atomic E-state index is 3.58. The van der Waals surface area contributed by atoms with Crippen molar-refractivity contribution in [2.45, 2.75) is 51.9 Å². The Morgan fingerprint density at radius 2 is 1.78 bits per heavy atom. The number of hydrogen-bond donors (Lipinski definition) is 1. The van der Waals surface area contributed by atoms with Crippen LogP contribution in [-0.4, -0.2) is 21.5 Å². The molecule has 0 heterocycles. The average molecular weight is 312 g/mol. The molecule has 0 aliphatic carbocycles. The Kier molecular flexibility index (Phi) is 7.65. The second kappa shape index (κ2) is 8.74. The van der Waals surface area contributed by atoms with Crippen LogP contribution in [0.1, 0.15) is 52.1 Å². The van der Waals surface area contributed by atoms with E-state index in [9.17, 15) is 0 Å². The summed E-state index contributed by atoms with van der Waals surface area (Å²) in [7, 11) is 0. The molecule has 0 saturated heterocycles. The van der Waals surface area contributed by atoms with E-state index in [2.05, 4.69) is 57.3 Å². The van der Waals surface area contributed by atoms with Crippen molar-refractivity contribution in [1.82, 2.24) is 5.32 Å². The molecule has 0 aliphatic heterocycles. The fraction of sp³-hybridized carbons (Fsp3) is 0.625. The van der Waals surface area contributed by atoms with E-state index in [-0.39, 0.29) is 0 Å². The third-order valence-corrected chi connectivity index (χ3v) is 5.28. The summed E-state index contributed by atoms with van der Waals surface area (Å²) in [6.07, 6.45) is 2.68. The second-order valence-corrected chi connectivity index (χ2v) is 7.75. The molecule has 102 valence electrons. The van der Waals surface area contributed by atoms with Gasteiger partial charge in [-0.2, -0.15) is 0 Å². The van der Waals surface area contributed by atoms with E-state index in [0.717, 1.165) is 6.54 Å². The van der Waals surface area contributed by atoms with Gasteiger partial charge in [0.05, 0.1) is 0 Å². The van der Waals surface area contributed by atoms with Crippen LogP contribution >= 0.6 is 0 Å². The SMILES string of the molecule is CCCC[Se]c1ccc(C(C)NCC(C)C)cc1. The summed E-state index contributed by atoms with van der Waals surface area (Å²) in [5.41, 5.74) is 1.41. The second-order valence-electron chi connectivity index (χ2n) is 5.29. The summed E-state index contributed by atoms with van der Waals surface area (Å²) < 4.78 is 1.54. The summed E-state index contributed by atoms with van der Waals surface area (Å²) >= 11 is 0.670. The van der Waals surface area contributed by atoms with Gasteiger partial charge in [-0.05, 0) is 0 Å². The first kappa shape index (κ1) is 15.8. The van der Waals surface area contributed by atoms with E-state index >= 15 is 0 Å². The Balaban J connectivity index is 2.43. The van der Waals surface area contributed by atoms with Gasteiger partial charge in [0.1, 0.15) is 0 Å². The normalized spacial score (nSPS) is 12.9. The van der Waals surface area contributed by atoms with Crippen LogP contribution in [0.3, 0.4) is 0 Å². The van der Waals surface area contributed by atoms with Gasteiger partial charge in [-0.25, -0.2) is 0 Å². The van der Waals surface area contributed by atoms with Crippen molar-refractivity contribution >= 4 is 19.4 Å². The Hall–Kier alpha value is -0.301. The summed E-state index contributed by atoms with van der Waals surface area (Å²) in [6, 6.07) is 9.68. The molecule has 0 bridgehead atoms. The molecule has 1 rings (SSSR count). The van der Waals surface area contributed by atoms with Crippen molar-refractivity contribution in [3.8, 4) is 0 Å². The molecule has 0 aromatic heterocycles. The van der Waals surface area contributed by atoms with Crippen LogP contribution in [0.4, 0.5) is 0 Å². The zero-order valence-corrected chi connectivity index (χ0v) is 13.9. The van der Waals surface area contributed by atoms with E-state index in [0.29, 0.717) is 26.9 Å². The van der Waals surface area contributed by atoms with E-state index in [1.807, 2.05) is 0 Å². The number of benzene rings is 1. The third kappa shape index (κ3) is 6.04. The number of hydrogen-bond acceptors (Lipinski definition) is 1. The summed E-state index contributed by atoms with van der Waals surface area (Å²) in [5.74, 6) is 0.712. The van der Waals surface area contributed by atoms with Gasteiger partial charge in [0.25, 0.3) is 0 Å². The molecule has 1 atom stereocenters. The zero-order chi connectivity index (χ0) is 13.4. The molecule has 0 spiro atoms. The fourth-order valence-electron chi connectivity index (χ4n) is 1.72. The van der Waals surface area contributed by atoms with Crippen molar-refractivity contribution in [2.24, 2.45) is 5.92 Å². The summed E-state index contributed by atoms with van der Waals surface area (Å²) in [6.45, 7) is 10.1. The Morgan fingerprint density at radius 1 is 1.11 bits per heavy atom. The van der Waals surface area contributed by atoms with Gasteiger partial charge in [-0.15, -0.1) is 0 Å². The van der Waals surface area contributed by atoms with Crippen LogP contribution in [0.25, 0.3) is 0 Å². The molecule has 2 heteroatoms. The third-order valence-electron chi connectivity index (χ3n) is 2.98. The number of unbranched alkanes of at least 4 members (excludes halogenated alkanes) is 1. The predicted octanol–water partition coefficient (Wildman–Crippen LogP) is 3.54. The minimum absolute atomic E-state index is 0.463. The van der Waals surface area contributed by atoms with Crippen LogP contribution < -0.4 is 9.78 Å². The summed E-state index contributed by atoms with van der Waals surface area (Å²) in [4.78, 5) is 0. The van der Waals surface area contributed by atoms with Crippen LogP contribution in [0.2, 0.25) is 5.32 Å². The van der Waals surface area contributed by atoms with Crippen molar-refractivity contribution in [1.29, 1.82) is 0 Å². The Morgan fingerprint density at radius 3 is 2.33 bits per heavy atom. The first-order valence-electron chi connectivity index (χ1n) is 7.09. The predicted molar refractivity (Wildman–Crippen MR) is 82.8 cm³/mol. The molecule has 1 nitrogen and oxygen atoms in total. The minimum atomic E-state index is 0.463. The van der Waals surface area contributed by atoms with E-state index < -0.39 is 0 Å². The van der Waals surface area contributed by atoms with Gasteiger partial charge in [0, 0.05) is 0 Å². The van der Waals surface area contributed by atoms with Crippen LogP contribution in [0, 0.1) is 5.92 Å². The van der Waals surface area contributed by atoms with Crippen molar-refractivity contribution in [3.05, 3.63) is 29.8 Å². The van der Waals surface area contributed by atoms with E-state index in [1.54, 1.807) is 0 Å². The van der Waals surface area contributed by atoms with Gasteiger partial charge in [0.15, 0.2) is 0 Å². The fourth-order valence-corrected chi connectivity index (χ4v) is 3.81. The first-order chi connectivity index (χ1) is 8.63. The molecule has 0 fully saturated rings. The molecular formula is C16H27NSe. The van der Waals surface area contributed by atoms with Gasteiger partial charge in [-0.3, -0.25) is 0 Å². The van der Waals surface area contributed by atoms with Gasteiger partial charge in [0.2, 0.25) is 0 Å². The standard InChI is InChI=1S/C16H27NSe/c1-5-6-11-18-16-9-7-15(8-10-16)14(4)17-12-13(2)3/h7-10,13-14,17H,5-6,11-12H2,1-4H3. The zero-order valence-electron chi connectivity index (χ0n) is 12.2. The molecule has 0 radical (unpaired) electrons. The van der Waals surface area contributed by atoms with E-state index in [4.69, 9.17) is 0 Å². The number of rotatable bonds is 8. The molecule has 0 saturated carbocycles. The first-order valence-corrected chi connectivity index (χ1v) is 9.16. The Bertz CT molecular complexity index is 318. The average Bonchev–Trinajstić information content (AvgIpc) is 2.37. The molecule has 18 heavy (non-hydrogen) atoms. The van der Waals surface area contributed by atoms with Gasteiger partial charge in [-0.1, -0.05) is 0 Å². The molecule has 0 amide bonds. The molecule has 1 aromatic rings. The topological polar surface area (TPSA) is 12.0 Å². The Labute approximate surface area is 119 Å². The van der Waals surface area contributed by atoms with Crippen LogP contribution in [0.5, 0.6) is 0 Å². The van der Waals surface area contributed by atoms with Crippen molar-refractivity contribution in [3.63, 3.8) is 0 Å². The summed E-state index contributed by atoms with van der Waals surface area (Å²) in [5, 5.41) is 4.95. The van der Waals surface area contributed by atoms with E-state index in [1.165, 1.54) is 28.2 Å². The van der Waals surface area contributed by atoms with Crippen LogP contribution in [0.15, 0.2) is 24.3 Å².